The zero-order valence-corrected chi connectivity index (χ0v) is 9.46. The molecular weight excluding hydrogens is 226 g/mol. The fourth-order valence-electron chi connectivity index (χ4n) is 0.542. The molecule has 0 aliphatic rings. The zero-order chi connectivity index (χ0) is 8.85. The van der Waals surface area contributed by atoms with Crippen molar-refractivity contribution in [3.8, 4) is 0 Å². The molecule has 2 atom stereocenters. The first kappa shape index (κ1) is 11.3. The number of nitrogens with one attached hydrogen (secondary N) is 1. The molecule has 4 heteroatoms. The summed E-state index contributed by atoms with van der Waals surface area (Å²) in [7, 11) is 0. The smallest absolute Gasteiger partial charge is 0.230 e. The first-order valence-corrected chi connectivity index (χ1v) is 5.81. The van der Waals surface area contributed by atoms with Crippen LogP contribution in [-0.4, -0.2) is 28.8 Å². The van der Waals surface area contributed by atoms with Crippen LogP contribution >= 0.6 is 27.7 Å². The number of carbonyl (C=O) groups excluding carboxylic acids is 1. The predicted octanol–water partition coefficient (Wildman–Crippen LogP) is 1.64. The van der Waals surface area contributed by atoms with Gasteiger partial charge in [-0.05, 0) is 13.2 Å². The van der Waals surface area contributed by atoms with Gasteiger partial charge in [0, 0.05) is 10.9 Å². The van der Waals surface area contributed by atoms with E-state index in [0.29, 0.717) is 10.6 Å². The van der Waals surface area contributed by atoms with Gasteiger partial charge < -0.3 is 5.32 Å². The van der Waals surface area contributed by atoms with Gasteiger partial charge in [0.25, 0.3) is 0 Å². The molecule has 66 valence electrons. The predicted molar refractivity (Wildman–Crippen MR) is 54.4 cm³/mol. The van der Waals surface area contributed by atoms with E-state index in [2.05, 4.69) is 21.2 Å². The second kappa shape index (κ2) is 5.89. The lowest BCUT2D eigenvalue weighted by molar-refractivity contribution is -0.119. The van der Waals surface area contributed by atoms with Crippen molar-refractivity contribution in [1.29, 1.82) is 0 Å². The van der Waals surface area contributed by atoms with Crippen LogP contribution in [0.2, 0.25) is 0 Å². The number of carbonyl (C=O) groups is 1. The third kappa shape index (κ3) is 5.56. The summed E-state index contributed by atoms with van der Waals surface area (Å²) in [6, 6.07) is 0.203. The molecule has 0 heterocycles. The van der Waals surface area contributed by atoms with E-state index in [9.17, 15) is 4.79 Å². The molecule has 1 amide bonds. The quantitative estimate of drug-likeness (QED) is 0.757. The standard InChI is InChI=1S/C7H14BrNOS/c1-5(8)6(2)9-7(10)4-11-3/h5-6H,4H2,1-3H3,(H,9,10). The van der Waals surface area contributed by atoms with E-state index in [1.165, 1.54) is 11.8 Å². The summed E-state index contributed by atoms with van der Waals surface area (Å²) in [4.78, 5) is 11.3. The average molecular weight is 240 g/mol. The van der Waals surface area contributed by atoms with Crippen molar-refractivity contribution in [1.82, 2.24) is 5.32 Å². The van der Waals surface area contributed by atoms with Crippen molar-refractivity contribution in [3.63, 3.8) is 0 Å². The highest BCUT2D eigenvalue weighted by Gasteiger charge is 2.10. The van der Waals surface area contributed by atoms with Gasteiger partial charge in [-0.15, -0.1) is 0 Å². The van der Waals surface area contributed by atoms with Crippen molar-refractivity contribution < 1.29 is 4.79 Å². The van der Waals surface area contributed by atoms with Crippen LogP contribution < -0.4 is 5.32 Å². The van der Waals surface area contributed by atoms with Gasteiger partial charge >= 0.3 is 0 Å². The third-order valence-electron chi connectivity index (χ3n) is 1.35. The maximum absolute atomic E-state index is 11.0. The Morgan fingerprint density at radius 1 is 1.64 bits per heavy atom. The van der Waals surface area contributed by atoms with Gasteiger partial charge in [-0.2, -0.15) is 11.8 Å². The Kier molecular flexibility index (Phi) is 6.05. The monoisotopic (exact) mass is 239 g/mol. The van der Waals surface area contributed by atoms with E-state index in [1.54, 1.807) is 0 Å². The van der Waals surface area contributed by atoms with Gasteiger partial charge in [0.05, 0.1) is 5.75 Å². The molecule has 1 N–H and O–H groups in total. The Labute approximate surface area is 80.6 Å². The maximum atomic E-state index is 11.0. The number of hydrogen-bond acceptors (Lipinski definition) is 2. The first-order chi connectivity index (χ1) is 5.07. The molecule has 0 fully saturated rings. The highest BCUT2D eigenvalue weighted by atomic mass is 79.9. The maximum Gasteiger partial charge on any atom is 0.230 e. The molecule has 2 nitrogen and oxygen atoms in total. The summed E-state index contributed by atoms with van der Waals surface area (Å²) in [6.07, 6.45) is 1.92. The molecule has 0 spiro atoms. The molecule has 0 bridgehead atoms. The van der Waals surface area contributed by atoms with Crippen LogP contribution in [0.25, 0.3) is 0 Å². The van der Waals surface area contributed by atoms with E-state index in [4.69, 9.17) is 0 Å². The number of hydrogen-bond donors (Lipinski definition) is 1. The largest absolute Gasteiger partial charge is 0.352 e. The molecule has 11 heavy (non-hydrogen) atoms. The van der Waals surface area contributed by atoms with Gasteiger partial charge in [0.2, 0.25) is 5.91 Å². The van der Waals surface area contributed by atoms with Crippen LogP contribution in [0.1, 0.15) is 13.8 Å². The van der Waals surface area contributed by atoms with Gasteiger partial charge in [-0.1, -0.05) is 22.9 Å². The Bertz CT molecular complexity index is 130. The Morgan fingerprint density at radius 2 is 2.18 bits per heavy atom. The normalized spacial score (nSPS) is 15.6. The van der Waals surface area contributed by atoms with E-state index in [0.717, 1.165) is 0 Å². The van der Waals surface area contributed by atoms with E-state index < -0.39 is 0 Å². The summed E-state index contributed by atoms with van der Waals surface area (Å²) in [5, 5.41) is 2.87. The number of amides is 1. The van der Waals surface area contributed by atoms with Crippen molar-refractivity contribution in [2.24, 2.45) is 0 Å². The van der Waals surface area contributed by atoms with Gasteiger partial charge in [0.1, 0.15) is 0 Å². The summed E-state index contributed by atoms with van der Waals surface area (Å²) in [6.45, 7) is 4.00. The SMILES string of the molecule is CSCC(=O)NC(C)C(C)Br. The Hall–Kier alpha value is 0.300. The minimum atomic E-state index is 0.108. The minimum Gasteiger partial charge on any atom is -0.352 e. The highest BCUT2D eigenvalue weighted by Crippen LogP contribution is 2.03. The lowest BCUT2D eigenvalue weighted by atomic mass is 10.2. The highest BCUT2D eigenvalue weighted by molar-refractivity contribution is 9.09. The van der Waals surface area contributed by atoms with Crippen LogP contribution in [0.5, 0.6) is 0 Å². The molecule has 0 radical (unpaired) electrons. The molecule has 0 aliphatic carbocycles. The summed E-state index contributed by atoms with van der Waals surface area (Å²) < 4.78 is 0. The minimum absolute atomic E-state index is 0.108. The van der Waals surface area contributed by atoms with Crippen molar-refractivity contribution in [2.75, 3.05) is 12.0 Å². The van der Waals surface area contributed by atoms with Crippen molar-refractivity contribution in [2.45, 2.75) is 24.7 Å². The molecule has 0 aromatic carbocycles. The summed E-state index contributed by atoms with van der Waals surface area (Å²) >= 11 is 4.93. The van der Waals surface area contributed by atoms with Crippen molar-refractivity contribution in [3.05, 3.63) is 0 Å². The molecule has 0 aromatic rings. The lowest BCUT2D eigenvalue weighted by Crippen LogP contribution is -2.38. The molecular formula is C7H14BrNOS. The van der Waals surface area contributed by atoms with Crippen LogP contribution in [-0.2, 0) is 4.79 Å². The third-order valence-corrected chi connectivity index (χ3v) is 2.70. The van der Waals surface area contributed by atoms with Crippen LogP contribution in [0, 0.1) is 0 Å². The molecule has 0 rings (SSSR count). The fourth-order valence-corrected chi connectivity index (χ4v) is 1.02. The number of halogens is 1. The number of rotatable bonds is 4. The second-order valence-corrected chi connectivity index (χ2v) is 4.78. The van der Waals surface area contributed by atoms with Crippen molar-refractivity contribution >= 4 is 33.6 Å². The van der Waals surface area contributed by atoms with Crippen LogP contribution in [0.15, 0.2) is 0 Å². The molecule has 0 saturated carbocycles. The number of thioether (sulfide) groups is 1. The van der Waals surface area contributed by atoms with E-state index in [1.807, 2.05) is 20.1 Å². The van der Waals surface area contributed by atoms with E-state index in [-0.39, 0.29) is 11.9 Å². The Morgan fingerprint density at radius 3 is 2.55 bits per heavy atom. The van der Waals surface area contributed by atoms with Gasteiger partial charge in [0.15, 0.2) is 0 Å². The second-order valence-electron chi connectivity index (χ2n) is 2.47. The summed E-state index contributed by atoms with van der Waals surface area (Å²) in [5.74, 6) is 0.653. The average Bonchev–Trinajstić information content (AvgIpc) is 1.87. The molecule has 0 saturated heterocycles. The first-order valence-electron chi connectivity index (χ1n) is 3.50. The fraction of sp³-hybridized carbons (Fsp3) is 0.857. The van der Waals surface area contributed by atoms with Gasteiger partial charge in [-0.3, -0.25) is 4.79 Å². The summed E-state index contributed by atoms with van der Waals surface area (Å²) in [5.41, 5.74) is 0. The molecule has 0 aliphatic heterocycles. The molecule has 2 unspecified atom stereocenters. The van der Waals surface area contributed by atoms with Crippen LogP contribution in [0.3, 0.4) is 0 Å². The zero-order valence-electron chi connectivity index (χ0n) is 7.06. The Balaban J connectivity index is 3.57. The topological polar surface area (TPSA) is 29.1 Å². The number of alkyl halides is 1. The van der Waals surface area contributed by atoms with Gasteiger partial charge in [-0.25, -0.2) is 0 Å². The lowest BCUT2D eigenvalue weighted by Gasteiger charge is -2.15. The van der Waals surface area contributed by atoms with E-state index >= 15 is 0 Å². The molecule has 0 aromatic heterocycles. The van der Waals surface area contributed by atoms with Crippen LogP contribution in [0.4, 0.5) is 0 Å².